The van der Waals surface area contributed by atoms with Gasteiger partial charge >= 0.3 is 5.97 Å². The maximum atomic E-state index is 12.3. The van der Waals surface area contributed by atoms with Crippen LogP contribution < -0.4 is 10.6 Å². The van der Waals surface area contributed by atoms with E-state index in [1.807, 2.05) is 42.5 Å². The first kappa shape index (κ1) is 20.3. The Balaban J connectivity index is 1.45. The molecule has 1 aliphatic heterocycles. The minimum Gasteiger partial charge on any atom is -0.480 e. The van der Waals surface area contributed by atoms with Crippen molar-refractivity contribution in [3.8, 4) is 0 Å². The lowest BCUT2D eigenvalue weighted by Crippen LogP contribution is -2.42. The standard InChI is InChI=1S/C21H27N3O4/c25-20(23-18-7-6-16-4-1-2-5-17(16)14-18)15-19(21(26)27)22-8-3-9-24-10-12-28-13-11-24/h1-2,4-7,14,19,22H,3,8-13,15H2,(H,23,25)(H,26,27)/t19-/m0/s1. The molecule has 2 aromatic rings. The number of carboxylic acids is 1. The first-order valence-corrected chi connectivity index (χ1v) is 9.67. The molecule has 0 aliphatic carbocycles. The van der Waals surface area contributed by atoms with Crippen molar-refractivity contribution in [3.63, 3.8) is 0 Å². The Bertz CT molecular complexity index is 805. The van der Waals surface area contributed by atoms with E-state index < -0.39 is 12.0 Å². The summed E-state index contributed by atoms with van der Waals surface area (Å²) in [5, 5.41) is 17.3. The molecule has 0 radical (unpaired) electrons. The molecule has 3 N–H and O–H groups in total. The van der Waals surface area contributed by atoms with E-state index in [2.05, 4.69) is 15.5 Å². The van der Waals surface area contributed by atoms with Crippen LogP contribution in [0.15, 0.2) is 42.5 Å². The van der Waals surface area contributed by atoms with Crippen molar-refractivity contribution >= 4 is 28.3 Å². The number of carboxylic acid groups (broad SMARTS) is 1. The van der Waals surface area contributed by atoms with E-state index in [0.717, 1.165) is 50.0 Å². The number of hydrogen-bond acceptors (Lipinski definition) is 5. The average Bonchev–Trinajstić information content (AvgIpc) is 2.70. The molecule has 7 heteroatoms. The predicted molar refractivity (Wildman–Crippen MR) is 108 cm³/mol. The molecule has 1 aliphatic rings. The molecule has 1 saturated heterocycles. The predicted octanol–water partition coefficient (Wildman–Crippen LogP) is 1.93. The summed E-state index contributed by atoms with van der Waals surface area (Å²) in [5.74, 6) is -1.33. The molecule has 0 spiro atoms. The molecule has 1 amide bonds. The van der Waals surface area contributed by atoms with Crippen molar-refractivity contribution < 1.29 is 19.4 Å². The molecule has 3 rings (SSSR count). The number of nitrogens with one attached hydrogen (secondary N) is 2. The number of ether oxygens (including phenoxy) is 1. The Labute approximate surface area is 164 Å². The molecule has 1 atom stereocenters. The van der Waals surface area contributed by atoms with Crippen molar-refractivity contribution in [2.75, 3.05) is 44.7 Å². The van der Waals surface area contributed by atoms with E-state index in [9.17, 15) is 14.7 Å². The molecule has 0 saturated carbocycles. The van der Waals surface area contributed by atoms with E-state index in [-0.39, 0.29) is 12.3 Å². The van der Waals surface area contributed by atoms with Crippen molar-refractivity contribution in [1.82, 2.24) is 10.2 Å². The monoisotopic (exact) mass is 385 g/mol. The van der Waals surface area contributed by atoms with Crippen LogP contribution in [0.25, 0.3) is 10.8 Å². The van der Waals surface area contributed by atoms with Crippen LogP contribution in [0, 0.1) is 0 Å². The van der Waals surface area contributed by atoms with Crippen molar-refractivity contribution in [3.05, 3.63) is 42.5 Å². The van der Waals surface area contributed by atoms with Crippen molar-refractivity contribution in [2.24, 2.45) is 0 Å². The zero-order chi connectivity index (χ0) is 19.8. The number of carbonyl (C=O) groups is 2. The number of anilines is 1. The minimum atomic E-state index is -1.01. The number of fused-ring (bicyclic) bond motifs is 1. The lowest BCUT2D eigenvalue weighted by Gasteiger charge is -2.26. The summed E-state index contributed by atoms with van der Waals surface area (Å²) in [6.07, 6.45) is 0.718. The lowest BCUT2D eigenvalue weighted by atomic mass is 10.1. The SMILES string of the molecule is O=C(C[C@H](NCCCN1CCOCC1)C(=O)O)Nc1ccc2ccccc2c1. The molecule has 28 heavy (non-hydrogen) atoms. The Morgan fingerprint density at radius 2 is 1.86 bits per heavy atom. The summed E-state index contributed by atoms with van der Waals surface area (Å²) < 4.78 is 5.31. The first-order valence-electron chi connectivity index (χ1n) is 9.67. The van der Waals surface area contributed by atoms with Crippen LogP contribution in [0.4, 0.5) is 5.69 Å². The fourth-order valence-corrected chi connectivity index (χ4v) is 3.32. The fraction of sp³-hybridized carbons (Fsp3) is 0.429. The lowest BCUT2D eigenvalue weighted by molar-refractivity contribution is -0.141. The molecule has 1 fully saturated rings. The van der Waals surface area contributed by atoms with Crippen LogP contribution in [-0.4, -0.2) is 67.3 Å². The highest BCUT2D eigenvalue weighted by atomic mass is 16.5. The summed E-state index contributed by atoms with van der Waals surface area (Å²) in [6.45, 7) is 4.77. The number of rotatable bonds is 9. The van der Waals surface area contributed by atoms with E-state index in [0.29, 0.717) is 12.2 Å². The van der Waals surface area contributed by atoms with Gasteiger partial charge in [-0.05, 0) is 42.4 Å². The molecule has 2 aromatic carbocycles. The number of morpholine rings is 1. The third kappa shape index (κ3) is 6.02. The Morgan fingerprint density at radius 3 is 2.61 bits per heavy atom. The highest BCUT2D eigenvalue weighted by Crippen LogP contribution is 2.19. The molecule has 0 aromatic heterocycles. The molecule has 0 unspecified atom stereocenters. The average molecular weight is 385 g/mol. The zero-order valence-electron chi connectivity index (χ0n) is 15.9. The van der Waals surface area contributed by atoms with Gasteiger partial charge in [0.25, 0.3) is 0 Å². The van der Waals surface area contributed by atoms with Crippen molar-refractivity contribution in [2.45, 2.75) is 18.9 Å². The molecule has 0 bridgehead atoms. The van der Waals surface area contributed by atoms with Gasteiger partial charge in [0.05, 0.1) is 19.6 Å². The number of aliphatic carboxylic acids is 1. The molecular weight excluding hydrogens is 358 g/mol. The van der Waals surface area contributed by atoms with Crippen LogP contribution in [0.5, 0.6) is 0 Å². The number of benzene rings is 2. The maximum absolute atomic E-state index is 12.3. The molecular formula is C21H27N3O4. The summed E-state index contributed by atoms with van der Waals surface area (Å²) in [4.78, 5) is 26.1. The number of carbonyl (C=O) groups excluding carboxylic acids is 1. The highest BCUT2D eigenvalue weighted by Gasteiger charge is 2.21. The summed E-state index contributed by atoms with van der Waals surface area (Å²) in [5.41, 5.74) is 0.667. The Kier molecular flexibility index (Phi) is 7.36. The van der Waals surface area contributed by atoms with Gasteiger partial charge in [-0.1, -0.05) is 30.3 Å². The Morgan fingerprint density at radius 1 is 1.11 bits per heavy atom. The van der Waals surface area contributed by atoms with E-state index in [1.165, 1.54) is 0 Å². The maximum Gasteiger partial charge on any atom is 0.321 e. The zero-order valence-corrected chi connectivity index (χ0v) is 15.9. The van der Waals surface area contributed by atoms with Crippen LogP contribution in [0.3, 0.4) is 0 Å². The summed E-state index contributed by atoms with van der Waals surface area (Å²) in [6, 6.07) is 12.6. The number of hydrogen-bond donors (Lipinski definition) is 3. The molecule has 1 heterocycles. The number of nitrogens with zero attached hydrogens (tertiary/aromatic N) is 1. The second-order valence-electron chi connectivity index (χ2n) is 6.97. The quantitative estimate of drug-likeness (QED) is 0.572. The normalized spacial score (nSPS) is 16.0. The van der Waals surface area contributed by atoms with E-state index >= 15 is 0 Å². The van der Waals surface area contributed by atoms with Crippen molar-refractivity contribution in [1.29, 1.82) is 0 Å². The van der Waals surface area contributed by atoms with Gasteiger partial charge in [0.1, 0.15) is 6.04 Å². The van der Waals surface area contributed by atoms with Gasteiger partial charge in [0.2, 0.25) is 5.91 Å². The minimum absolute atomic E-state index is 0.111. The van der Waals surface area contributed by atoms with E-state index in [4.69, 9.17) is 4.74 Å². The topological polar surface area (TPSA) is 90.9 Å². The van der Waals surface area contributed by atoms with Gasteiger partial charge < -0.3 is 20.5 Å². The summed E-state index contributed by atoms with van der Waals surface area (Å²) in [7, 11) is 0. The fourth-order valence-electron chi connectivity index (χ4n) is 3.32. The van der Waals surface area contributed by atoms with Gasteiger partial charge in [-0.3, -0.25) is 14.5 Å². The highest BCUT2D eigenvalue weighted by molar-refractivity contribution is 5.96. The van der Waals surface area contributed by atoms with Crippen LogP contribution in [0.2, 0.25) is 0 Å². The van der Waals surface area contributed by atoms with E-state index in [1.54, 1.807) is 0 Å². The smallest absolute Gasteiger partial charge is 0.321 e. The third-order valence-corrected chi connectivity index (χ3v) is 4.87. The van der Waals surface area contributed by atoms with Crippen LogP contribution in [-0.2, 0) is 14.3 Å². The second kappa shape index (κ2) is 10.2. The van der Waals surface area contributed by atoms with Crippen LogP contribution >= 0.6 is 0 Å². The number of amides is 1. The van der Waals surface area contributed by atoms with Gasteiger partial charge in [-0.25, -0.2) is 0 Å². The van der Waals surface area contributed by atoms with Gasteiger partial charge in [0.15, 0.2) is 0 Å². The van der Waals surface area contributed by atoms with Gasteiger partial charge in [0, 0.05) is 18.8 Å². The Hall–Kier alpha value is -2.48. The first-order chi connectivity index (χ1) is 13.6. The largest absolute Gasteiger partial charge is 0.480 e. The second-order valence-corrected chi connectivity index (χ2v) is 6.97. The molecule has 150 valence electrons. The summed E-state index contributed by atoms with van der Waals surface area (Å²) >= 11 is 0. The van der Waals surface area contributed by atoms with Crippen LogP contribution in [0.1, 0.15) is 12.8 Å². The molecule has 7 nitrogen and oxygen atoms in total. The van der Waals surface area contributed by atoms with Gasteiger partial charge in [-0.15, -0.1) is 0 Å². The van der Waals surface area contributed by atoms with Gasteiger partial charge in [-0.2, -0.15) is 0 Å². The third-order valence-electron chi connectivity index (χ3n) is 4.87.